The third-order valence-corrected chi connectivity index (χ3v) is 2.37. The fourth-order valence-electron chi connectivity index (χ4n) is 1.59. The molecule has 1 aromatic rings. The molecule has 0 heterocycles. The highest BCUT2D eigenvalue weighted by Gasteiger charge is 2.28. The van der Waals surface area contributed by atoms with Gasteiger partial charge in [0.05, 0.1) is 12.6 Å². The lowest BCUT2D eigenvalue weighted by Gasteiger charge is -2.16. The number of hydrogen-bond acceptors (Lipinski definition) is 2. The number of benzene rings is 1. The van der Waals surface area contributed by atoms with Crippen LogP contribution in [-0.4, -0.2) is 12.7 Å². The summed E-state index contributed by atoms with van der Waals surface area (Å²) in [6, 6.07) is 6.21. The van der Waals surface area contributed by atoms with Crippen LogP contribution in [0.15, 0.2) is 18.2 Å². The lowest BCUT2D eigenvalue weighted by atomic mass is 10.00. The van der Waals surface area contributed by atoms with Crippen molar-refractivity contribution in [2.45, 2.75) is 26.1 Å². The van der Waals surface area contributed by atoms with Gasteiger partial charge >= 0.3 is 6.18 Å². The summed E-state index contributed by atoms with van der Waals surface area (Å²) in [5.74, 6) is 0. The fraction of sp³-hybridized carbons (Fsp3) is 0.417. The van der Waals surface area contributed by atoms with Gasteiger partial charge in [-0.3, -0.25) is 5.32 Å². The van der Waals surface area contributed by atoms with Gasteiger partial charge < -0.3 is 0 Å². The summed E-state index contributed by atoms with van der Waals surface area (Å²) < 4.78 is 36.2. The first-order valence-corrected chi connectivity index (χ1v) is 5.10. The molecule has 0 aliphatic rings. The van der Waals surface area contributed by atoms with Crippen molar-refractivity contribution in [3.05, 3.63) is 34.9 Å². The van der Waals surface area contributed by atoms with Gasteiger partial charge in [0.25, 0.3) is 0 Å². The molecule has 0 spiro atoms. The minimum Gasteiger partial charge on any atom is -0.290 e. The van der Waals surface area contributed by atoms with Crippen LogP contribution < -0.4 is 5.32 Å². The first-order valence-electron chi connectivity index (χ1n) is 5.10. The van der Waals surface area contributed by atoms with E-state index < -0.39 is 18.8 Å². The molecule has 1 aromatic carbocycles. The largest absolute Gasteiger partial charge is 0.401 e. The van der Waals surface area contributed by atoms with E-state index in [1.165, 1.54) is 0 Å². The van der Waals surface area contributed by atoms with Crippen molar-refractivity contribution in [2.75, 3.05) is 6.54 Å². The summed E-state index contributed by atoms with van der Waals surface area (Å²) in [5.41, 5.74) is 2.41. The molecular weight excluding hydrogens is 229 g/mol. The maximum atomic E-state index is 12.1. The summed E-state index contributed by atoms with van der Waals surface area (Å²) in [6.07, 6.45) is -4.31. The van der Waals surface area contributed by atoms with Crippen molar-refractivity contribution in [3.63, 3.8) is 0 Å². The van der Waals surface area contributed by atoms with Crippen LogP contribution in [0.2, 0.25) is 0 Å². The molecule has 1 atom stereocenters. The van der Waals surface area contributed by atoms with E-state index in [0.29, 0.717) is 5.56 Å². The number of nitrogens with zero attached hydrogens (tertiary/aromatic N) is 1. The van der Waals surface area contributed by atoms with E-state index in [9.17, 15) is 13.2 Å². The van der Waals surface area contributed by atoms with Crippen LogP contribution in [0.4, 0.5) is 13.2 Å². The van der Waals surface area contributed by atoms with Crippen molar-refractivity contribution in [1.82, 2.24) is 5.32 Å². The second kappa shape index (κ2) is 5.19. The van der Waals surface area contributed by atoms with Gasteiger partial charge in [-0.15, -0.1) is 0 Å². The average molecular weight is 242 g/mol. The highest BCUT2D eigenvalue weighted by Crippen LogP contribution is 2.20. The predicted octanol–water partition coefficient (Wildman–Crippen LogP) is 3.02. The van der Waals surface area contributed by atoms with Crippen LogP contribution in [-0.2, 0) is 0 Å². The van der Waals surface area contributed by atoms with Gasteiger partial charge in [-0.1, -0.05) is 23.8 Å². The Morgan fingerprint density at radius 2 is 2.00 bits per heavy atom. The molecule has 1 unspecified atom stereocenters. The summed E-state index contributed by atoms with van der Waals surface area (Å²) in [6.45, 7) is 2.50. The third-order valence-electron chi connectivity index (χ3n) is 2.37. The molecule has 0 radical (unpaired) electrons. The molecule has 0 saturated carbocycles. The zero-order valence-electron chi connectivity index (χ0n) is 9.60. The van der Waals surface area contributed by atoms with Crippen molar-refractivity contribution >= 4 is 0 Å². The maximum Gasteiger partial charge on any atom is 0.401 e. The fourth-order valence-corrected chi connectivity index (χ4v) is 1.59. The Hall–Kier alpha value is -1.54. The number of nitrogens with one attached hydrogen (secondary N) is 1. The molecule has 0 aromatic heterocycles. The Bertz CT molecular complexity index is 432. The smallest absolute Gasteiger partial charge is 0.290 e. The van der Waals surface area contributed by atoms with Gasteiger partial charge in [0.2, 0.25) is 0 Å². The summed E-state index contributed by atoms with van der Waals surface area (Å²) >= 11 is 0. The Balaban J connectivity index is 2.84. The molecule has 0 amide bonds. The highest BCUT2D eigenvalue weighted by molar-refractivity contribution is 5.35. The van der Waals surface area contributed by atoms with Gasteiger partial charge in [-0.25, -0.2) is 0 Å². The number of alkyl halides is 3. The van der Waals surface area contributed by atoms with E-state index in [2.05, 4.69) is 5.32 Å². The summed E-state index contributed by atoms with van der Waals surface area (Å²) in [4.78, 5) is 0. The molecule has 0 fully saturated rings. The van der Waals surface area contributed by atoms with Crippen LogP contribution in [0.3, 0.4) is 0 Å². The molecule has 92 valence electrons. The van der Waals surface area contributed by atoms with Gasteiger partial charge in [0, 0.05) is 0 Å². The highest BCUT2D eigenvalue weighted by atomic mass is 19.4. The van der Waals surface area contributed by atoms with Crippen LogP contribution >= 0.6 is 0 Å². The monoisotopic (exact) mass is 242 g/mol. The van der Waals surface area contributed by atoms with E-state index in [4.69, 9.17) is 5.26 Å². The predicted molar refractivity (Wildman–Crippen MR) is 58.3 cm³/mol. The zero-order chi connectivity index (χ0) is 13.1. The van der Waals surface area contributed by atoms with E-state index in [0.717, 1.165) is 11.1 Å². The minimum absolute atomic E-state index is 0.586. The number of nitriles is 1. The Kier molecular flexibility index (Phi) is 4.13. The third kappa shape index (κ3) is 4.08. The topological polar surface area (TPSA) is 35.8 Å². The normalized spacial score (nSPS) is 13.2. The summed E-state index contributed by atoms with van der Waals surface area (Å²) in [5, 5.41) is 11.1. The summed E-state index contributed by atoms with van der Waals surface area (Å²) in [7, 11) is 0. The van der Waals surface area contributed by atoms with Crippen LogP contribution in [0.5, 0.6) is 0 Å². The molecule has 1 N–H and O–H groups in total. The Morgan fingerprint density at radius 3 is 2.47 bits per heavy atom. The molecule has 0 saturated heterocycles. The van der Waals surface area contributed by atoms with Crippen molar-refractivity contribution < 1.29 is 13.2 Å². The van der Waals surface area contributed by atoms with Crippen LogP contribution in [0.1, 0.15) is 22.7 Å². The number of rotatable bonds is 3. The molecular formula is C12H13F3N2. The Labute approximate surface area is 98.1 Å². The molecule has 5 heteroatoms. The quantitative estimate of drug-likeness (QED) is 0.884. The van der Waals surface area contributed by atoms with E-state index in [-0.39, 0.29) is 0 Å². The molecule has 0 aliphatic heterocycles. The van der Waals surface area contributed by atoms with Crippen molar-refractivity contribution in [3.8, 4) is 6.07 Å². The molecule has 0 bridgehead atoms. The number of hydrogen-bond donors (Lipinski definition) is 1. The molecule has 0 aliphatic carbocycles. The second-order valence-corrected chi connectivity index (χ2v) is 3.92. The maximum absolute atomic E-state index is 12.1. The van der Waals surface area contributed by atoms with Crippen molar-refractivity contribution in [1.29, 1.82) is 5.26 Å². The minimum atomic E-state index is -4.31. The number of aryl methyl sites for hydroxylation is 2. The van der Waals surface area contributed by atoms with E-state index in [1.807, 2.05) is 19.1 Å². The Morgan fingerprint density at radius 1 is 1.35 bits per heavy atom. The molecule has 2 nitrogen and oxygen atoms in total. The molecule has 1 rings (SSSR count). The first kappa shape index (κ1) is 13.5. The van der Waals surface area contributed by atoms with Gasteiger partial charge in [0.15, 0.2) is 0 Å². The zero-order valence-corrected chi connectivity index (χ0v) is 9.60. The van der Waals surface area contributed by atoms with Gasteiger partial charge in [-0.2, -0.15) is 18.4 Å². The second-order valence-electron chi connectivity index (χ2n) is 3.92. The van der Waals surface area contributed by atoms with E-state index >= 15 is 0 Å². The molecule has 17 heavy (non-hydrogen) atoms. The van der Waals surface area contributed by atoms with Crippen LogP contribution in [0, 0.1) is 25.2 Å². The average Bonchev–Trinajstić information content (AvgIpc) is 2.19. The first-order chi connectivity index (χ1) is 7.83. The van der Waals surface area contributed by atoms with E-state index in [1.54, 1.807) is 19.1 Å². The SMILES string of the molecule is Cc1ccc(C(C#N)NCC(F)(F)F)c(C)c1. The van der Waals surface area contributed by atoms with Gasteiger partial charge in [0.1, 0.15) is 6.04 Å². The van der Waals surface area contributed by atoms with Crippen LogP contribution in [0.25, 0.3) is 0 Å². The van der Waals surface area contributed by atoms with Crippen molar-refractivity contribution in [2.24, 2.45) is 0 Å². The lowest BCUT2D eigenvalue weighted by molar-refractivity contribution is -0.125. The standard InChI is InChI=1S/C12H13F3N2/c1-8-3-4-10(9(2)5-8)11(6-16)17-7-12(13,14)15/h3-5,11,17H,7H2,1-2H3. The lowest BCUT2D eigenvalue weighted by Crippen LogP contribution is -2.31. The number of halogens is 3. The van der Waals surface area contributed by atoms with Gasteiger partial charge in [-0.05, 0) is 25.0 Å².